The third kappa shape index (κ3) is 1.63. The first-order chi connectivity index (χ1) is 6.81. The first-order valence-electron chi connectivity index (χ1n) is 4.67. The zero-order valence-corrected chi connectivity index (χ0v) is 8.10. The molecule has 0 spiro atoms. The highest BCUT2D eigenvalue weighted by molar-refractivity contribution is 5.78. The fourth-order valence-electron chi connectivity index (χ4n) is 1.62. The molecule has 3 heteroatoms. The monoisotopic (exact) mass is 191 g/mol. The van der Waals surface area contributed by atoms with Crippen molar-refractivity contribution in [1.29, 1.82) is 0 Å². The van der Waals surface area contributed by atoms with Crippen LogP contribution in [0.1, 0.15) is 17.2 Å². The highest BCUT2D eigenvalue weighted by Gasteiger charge is 2.21. The summed E-state index contributed by atoms with van der Waals surface area (Å²) in [6.07, 6.45) is -0.0154. The van der Waals surface area contributed by atoms with Crippen LogP contribution in [0.15, 0.2) is 29.3 Å². The quantitative estimate of drug-likeness (QED) is 0.768. The van der Waals surface area contributed by atoms with Crippen LogP contribution in [0.5, 0.6) is 0 Å². The summed E-state index contributed by atoms with van der Waals surface area (Å²) in [6.45, 7) is 2.55. The summed E-state index contributed by atoms with van der Waals surface area (Å²) in [5.41, 5.74) is 2.35. The predicted octanol–water partition coefficient (Wildman–Crippen LogP) is 1.46. The molecule has 1 aliphatic heterocycles. The fraction of sp³-hybridized carbons (Fsp3) is 0.364. The van der Waals surface area contributed by atoms with Gasteiger partial charge in [-0.2, -0.15) is 0 Å². The van der Waals surface area contributed by atoms with Gasteiger partial charge in [-0.15, -0.1) is 0 Å². The lowest BCUT2D eigenvalue weighted by atomic mass is 10.0. The molecule has 1 aromatic rings. The number of hydrogen-bond acceptors (Lipinski definition) is 3. The molecule has 0 fully saturated rings. The molecule has 2 rings (SSSR count). The summed E-state index contributed by atoms with van der Waals surface area (Å²) >= 11 is 0. The summed E-state index contributed by atoms with van der Waals surface area (Å²) < 4.78 is 5.48. The van der Waals surface area contributed by atoms with Gasteiger partial charge in [0.2, 0.25) is 5.90 Å². The van der Waals surface area contributed by atoms with E-state index < -0.39 is 0 Å². The molecular weight excluding hydrogens is 178 g/mol. The minimum absolute atomic E-state index is 0.0154. The number of ether oxygens (including phenoxy) is 1. The molecule has 0 amide bonds. The molecule has 1 N–H and O–H groups in total. The van der Waals surface area contributed by atoms with Gasteiger partial charge in [0.05, 0.1) is 6.54 Å². The number of aryl methyl sites for hydroxylation is 1. The van der Waals surface area contributed by atoms with Crippen LogP contribution in [0.2, 0.25) is 0 Å². The number of aliphatic imine (C=N–C) groups is 1. The molecule has 0 radical (unpaired) electrons. The van der Waals surface area contributed by atoms with Gasteiger partial charge in [-0.05, 0) is 18.1 Å². The van der Waals surface area contributed by atoms with Crippen LogP contribution in [-0.2, 0) is 4.74 Å². The fourth-order valence-corrected chi connectivity index (χ4v) is 1.62. The van der Waals surface area contributed by atoms with Crippen molar-refractivity contribution in [2.45, 2.75) is 13.0 Å². The Morgan fingerprint density at radius 1 is 1.50 bits per heavy atom. The first-order valence-corrected chi connectivity index (χ1v) is 4.67. The average Bonchev–Trinajstić information content (AvgIpc) is 2.67. The van der Waals surface area contributed by atoms with Crippen molar-refractivity contribution in [2.24, 2.45) is 4.99 Å². The van der Waals surface area contributed by atoms with Crippen LogP contribution in [-0.4, -0.2) is 24.2 Å². The molecule has 1 atom stereocenters. The van der Waals surface area contributed by atoms with E-state index in [1.165, 1.54) is 5.56 Å². The molecule has 0 aliphatic carbocycles. The molecule has 0 saturated carbocycles. The molecule has 14 heavy (non-hydrogen) atoms. The smallest absolute Gasteiger partial charge is 0.210 e. The summed E-state index contributed by atoms with van der Waals surface area (Å²) in [5.74, 6) is 0.443. The van der Waals surface area contributed by atoms with E-state index in [4.69, 9.17) is 9.84 Å². The minimum atomic E-state index is -0.109. The molecule has 0 bridgehead atoms. The zero-order valence-electron chi connectivity index (χ0n) is 8.10. The molecule has 1 heterocycles. The van der Waals surface area contributed by atoms with Crippen LogP contribution in [0.4, 0.5) is 0 Å². The number of aliphatic hydroxyl groups is 1. The molecule has 0 aromatic heterocycles. The van der Waals surface area contributed by atoms with Crippen LogP contribution >= 0.6 is 0 Å². The van der Waals surface area contributed by atoms with E-state index in [2.05, 4.69) is 18.0 Å². The van der Waals surface area contributed by atoms with Gasteiger partial charge in [-0.1, -0.05) is 24.3 Å². The van der Waals surface area contributed by atoms with E-state index in [-0.39, 0.29) is 12.7 Å². The number of rotatable bonds is 2. The predicted molar refractivity (Wildman–Crippen MR) is 54.4 cm³/mol. The standard InChI is InChI=1S/C11H13NO2/c1-8-4-2-3-5-9(8)10-6-12-11(7-13)14-10/h2-5,10,13H,6-7H2,1H3. The van der Waals surface area contributed by atoms with Crippen molar-refractivity contribution in [2.75, 3.05) is 13.2 Å². The Balaban J connectivity index is 2.16. The van der Waals surface area contributed by atoms with Crippen molar-refractivity contribution in [3.63, 3.8) is 0 Å². The number of nitrogens with zero attached hydrogens (tertiary/aromatic N) is 1. The Morgan fingerprint density at radius 2 is 2.29 bits per heavy atom. The lowest BCUT2D eigenvalue weighted by Gasteiger charge is -2.13. The molecule has 0 saturated heterocycles. The van der Waals surface area contributed by atoms with E-state index in [1.807, 2.05) is 18.2 Å². The van der Waals surface area contributed by atoms with Gasteiger partial charge < -0.3 is 9.84 Å². The third-order valence-electron chi connectivity index (χ3n) is 2.38. The van der Waals surface area contributed by atoms with Crippen molar-refractivity contribution in [3.8, 4) is 0 Å². The minimum Gasteiger partial charge on any atom is -0.469 e. The number of aliphatic hydroxyl groups excluding tert-OH is 1. The van der Waals surface area contributed by atoms with Gasteiger partial charge in [0.15, 0.2) is 0 Å². The van der Waals surface area contributed by atoms with Crippen molar-refractivity contribution in [3.05, 3.63) is 35.4 Å². The Bertz CT molecular complexity index is 360. The van der Waals surface area contributed by atoms with Crippen LogP contribution in [0.25, 0.3) is 0 Å². The number of hydrogen-bond donors (Lipinski definition) is 1. The average molecular weight is 191 g/mol. The van der Waals surface area contributed by atoms with Crippen molar-refractivity contribution in [1.82, 2.24) is 0 Å². The second-order valence-electron chi connectivity index (χ2n) is 3.36. The van der Waals surface area contributed by atoms with E-state index in [0.29, 0.717) is 12.4 Å². The van der Waals surface area contributed by atoms with Crippen LogP contribution < -0.4 is 0 Å². The van der Waals surface area contributed by atoms with Crippen LogP contribution in [0.3, 0.4) is 0 Å². The highest BCUT2D eigenvalue weighted by Crippen LogP contribution is 2.25. The summed E-state index contributed by atoms with van der Waals surface area (Å²) in [6, 6.07) is 8.08. The van der Waals surface area contributed by atoms with E-state index in [9.17, 15) is 0 Å². The van der Waals surface area contributed by atoms with Gasteiger partial charge in [-0.25, -0.2) is 4.99 Å². The van der Waals surface area contributed by atoms with E-state index >= 15 is 0 Å². The van der Waals surface area contributed by atoms with E-state index in [1.54, 1.807) is 0 Å². The molecule has 1 aromatic carbocycles. The maximum Gasteiger partial charge on any atom is 0.210 e. The Morgan fingerprint density at radius 3 is 2.93 bits per heavy atom. The highest BCUT2D eigenvalue weighted by atomic mass is 16.5. The molecular formula is C11H13NO2. The zero-order chi connectivity index (χ0) is 9.97. The normalized spacial score (nSPS) is 20.4. The maximum atomic E-state index is 8.84. The SMILES string of the molecule is Cc1ccccc1C1CN=C(CO)O1. The van der Waals surface area contributed by atoms with Crippen molar-refractivity contribution < 1.29 is 9.84 Å². The topological polar surface area (TPSA) is 41.8 Å². The Hall–Kier alpha value is -1.35. The van der Waals surface area contributed by atoms with Crippen LogP contribution in [0, 0.1) is 6.92 Å². The summed E-state index contributed by atoms with van der Waals surface area (Å²) in [5, 5.41) is 8.84. The third-order valence-corrected chi connectivity index (χ3v) is 2.38. The number of benzene rings is 1. The summed E-state index contributed by atoms with van der Waals surface area (Å²) in [7, 11) is 0. The van der Waals surface area contributed by atoms with Gasteiger partial charge in [0.25, 0.3) is 0 Å². The van der Waals surface area contributed by atoms with Crippen molar-refractivity contribution >= 4 is 5.90 Å². The molecule has 1 aliphatic rings. The molecule has 3 nitrogen and oxygen atoms in total. The maximum absolute atomic E-state index is 8.84. The van der Waals surface area contributed by atoms with Gasteiger partial charge in [0.1, 0.15) is 12.7 Å². The van der Waals surface area contributed by atoms with E-state index in [0.717, 1.165) is 5.56 Å². The molecule has 1 unspecified atom stereocenters. The van der Waals surface area contributed by atoms with Gasteiger partial charge >= 0.3 is 0 Å². The second-order valence-corrected chi connectivity index (χ2v) is 3.36. The first kappa shape index (κ1) is 9.21. The Kier molecular flexibility index (Phi) is 2.50. The van der Waals surface area contributed by atoms with Gasteiger partial charge in [0, 0.05) is 0 Å². The summed E-state index contributed by atoms with van der Waals surface area (Å²) in [4.78, 5) is 4.10. The second kappa shape index (κ2) is 3.80. The Labute approximate surface area is 83.1 Å². The van der Waals surface area contributed by atoms with Gasteiger partial charge in [-0.3, -0.25) is 0 Å². The largest absolute Gasteiger partial charge is 0.469 e. The molecule has 74 valence electrons. The lowest BCUT2D eigenvalue weighted by Crippen LogP contribution is -2.09. The lowest BCUT2D eigenvalue weighted by molar-refractivity contribution is 0.204.